The predicted molar refractivity (Wildman–Crippen MR) is 114 cm³/mol. The van der Waals surface area contributed by atoms with Gasteiger partial charge in [-0.1, -0.05) is 0 Å². The monoisotopic (exact) mass is 411 g/mol. The maximum Gasteiger partial charge on any atom is 0.223 e. The normalized spacial score (nSPS) is 16.1. The first-order valence-electron chi connectivity index (χ1n) is 10.8. The van der Waals surface area contributed by atoms with Crippen molar-refractivity contribution < 1.29 is 23.9 Å². The molecule has 1 saturated heterocycles. The minimum Gasteiger partial charge on any atom is -0.497 e. The van der Waals surface area contributed by atoms with E-state index < -0.39 is 0 Å². The Morgan fingerprint density at radius 1 is 1.10 bits per heavy atom. The van der Waals surface area contributed by atoms with E-state index in [0.29, 0.717) is 13.0 Å². The molecular weight excluding hydrogens is 380 g/mol. The SMILES string of the molecule is COc1ccc(OCCCC(=O)N2CC[NH+](Cc3ccc4c(c3)CCO4)CC2)cc1. The molecule has 0 aliphatic carbocycles. The minimum absolute atomic E-state index is 0.238. The number of nitrogens with one attached hydrogen (secondary N) is 1. The van der Waals surface area contributed by atoms with Gasteiger partial charge in [-0.15, -0.1) is 0 Å². The number of carbonyl (C=O) groups is 1. The molecule has 30 heavy (non-hydrogen) atoms. The van der Waals surface area contributed by atoms with Crippen LogP contribution in [0.3, 0.4) is 0 Å². The fourth-order valence-corrected chi connectivity index (χ4v) is 4.13. The first-order chi connectivity index (χ1) is 14.7. The van der Waals surface area contributed by atoms with Gasteiger partial charge in [-0.25, -0.2) is 0 Å². The molecule has 2 aromatic rings. The Morgan fingerprint density at radius 2 is 1.87 bits per heavy atom. The third-order valence-electron chi connectivity index (χ3n) is 5.89. The Bertz CT molecular complexity index is 845. The molecular formula is C24H31N2O4+. The first-order valence-corrected chi connectivity index (χ1v) is 10.8. The Balaban J connectivity index is 1.14. The van der Waals surface area contributed by atoms with Crippen molar-refractivity contribution in [3.05, 3.63) is 53.6 Å². The summed E-state index contributed by atoms with van der Waals surface area (Å²) < 4.78 is 16.5. The summed E-state index contributed by atoms with van der Waals surface area (Å²) >= 11 is 0. The van der Waals surface area contributed by atoms with Crippen molar-refractivity contribution >= 4 is 5.91 Å². The average Bonchev–Trinajstić information content (AvgIpc) is 3.25. The molecule has 0 unspecified atom stereocenters. The van der Waals surface area contributed by atoms with Gasteiger partial charge < -0.3 is 24.0 Å². The fraction of sp³-hybridized carbons (Fsp3) is 0.458. The summed E-state index contributed by atoms with van der Waals surface area (Å²) in [6, 6.07) is 14.1. The van der Waals surface area contributed by atoms with Crippen LogP contribution < -0.4 is 19.1 Å². The summed E-state index contributed by atoms with van der Waals surface area (Å²) in [6.07, 6.45) is 2.29. The molecule has 2 aliphatic heterocycles. The number of hydrogen-bond donors (Lipinski definition) is 1. The summed E-state index contributed by atoms with van der Waals surface area (Å²) in [5, 5.41) is 0. The van der Waals surface area contributed by atoms with Gasteiger partial charge in [0.25, 0.3) is 0 Å². The smallest absolute Gasteiger partial charge is 0.223 e. The van der Waals surface area contributed by atoms with Crippen molar-refractivity contribution in [2.75, 3.05) is 46.5 Å². The molecule has 0 atom stereocenters. The quantitative estimate of drug-likeness (QED) is 0.672. The Kier molecular flexibility index (Phi) is 6.74. The van der Waals surface area contributed by atoms with Crippen molar-refractivity contribution in [3.63, 3.8) is 0 Å². The second-order valence-corrected chi connectivity index (χ2v) is 7.98. The zero-order chi connectivity index (χ0) is 20.8. The average molecular weight is 412 g/mol. The van der Waals surface area contributed by atoms with Crippen LogP contribution in [-0.4, -0.2) is 57.3 Å². The molecule has 0 saturated carbocycles. The van der Waals surface area contributed by atoms with Crippen molar-refractivity contribution in [1.82, 2.24) is 4.90 Å². The number of nitrogens with zero attached hydrogens (tertiary/aromatic N) is 1. The highest BCUT2D eigenvalue weighted by Gasteiger charge is 2.24. The molecule has 2 aromatic carbocycles. The molecule has 0 aromatic heterocycles. The van der Waals surface area contributed by atoms with E-state index in [9.17, 15) is 4.79 Å². The molecule has 1 N–H and O–H groups in total. The summed E-state index contributed by atoms with van der Waals surface area (Å²) in [5.74, 6) is 2.89. The molecule has 6 heteroatoms. The van der Waals surface area contributed by atoms with E-state index in [-0.39, 0.29) is 5.91 Å². The molecule has 160 valence electrons. The maximum atomic E-state index is 12.5. The minimum atomic E-state index is 0.238. The van der Waals surface area contributed by atoms with Crippen molar-refractivity contribution in [3.8, 4) is 17.2 Å². The standard InChI is InChI=1S/C24H30N2O4/c1-28-21-5-7-22(8-6-21)29-15-2-3-24(27)26-13-11-25(12-14-26)18-19-4-9-23-20(17-19)10-16-30-23/h4-9,17H,2-3,10-16,18H2,1H3/p+1. The maximum absolute atomic E-state index is 12.5. The second-order valence-electron chi connectivity index (χ2n) is 7.98. The van der Waals surface area contributed by atoms with Crippen LogP contribution in [0.1, 0.15) is 24.0 Å². The van der Waals surface area contributed by atoms with Gasteiger partial charge in [-0.3, -0.25) is 4.79 Å². The predicted octanol–water partition coefficient (Wildman–Crippen LogP) is 1.72. The van der Waals surface area contributed by atoms with Gasteiger partial charge in [-0.2, -0.15) is 0 Å². The van der Waals surface area contributed by atoms with Gasteiger partial charge in [0, 0.05) is 18.4 Å². The lowest BCUT2D eigenvalue weighted by Gasteiger charge is -2.32. The van der Waals surface area contributed by atoms with Gasteiger partial charge in [0.1, 0.15) is 23.8 Å². The zero-order valence-electron chi connectivity index (χ0n) is 17.7. The largest absolute Gasteiger partial charge is 0.497 e. The number of rotatable bonds is 8. The lowest BCUT2D eigenvalue weighted by molar-refractivity contribution is -0.917. The molecule has 2 heterocycles. The number of amides is 1. The summed E-state index contributed by atoms with van der Waals surface area (Å²) in [4.78, 5) is 16.1. The number of benzene rings is 2. The number of ether oxygens (including phenoxy) is 3. The van der Waals surface area contributed by atoms with Crippen LogP contribution in [0.15, 0.2) is 42.5 Å². The molecule has 0 radical (unpaired) electrons. The van der Waals surface area contributed by atoms with Crippen LogP contribution in [0.2, 0.25) is 0 Å². The first kappa shape index (κ1) is 20.5. The molecule has 1 amide bonds. The summed E-state index contributed by atoms with van der Waals surface area (Å²) in [6.45, 7) is 6.04. The molecule has 2 aliphatic rings. The van der Waals surface area contributed by atoms with Crippen LogP contribution in [0.4, 0.5) is 0 Å². The van der Waals surface area contributed by atoms with Gasteiger partial charge in [0.15, 0.2) is 0 Å². The highest BCUT2D eigenvalue weighted by molar-refractivity contribution is 5.76. The third kappa shape index (κ3) is 5.25. The number of carbonyl (C=O) groups excluding carboxylic acids is 1. The van der Waals surface area contributed by atoms with E-state index in [1.54, 1.807) is 12.0 Å². The Hall–Kier alpha value is -2.73. The van der Waals surface area contributed by atoms with Crippen LogP contribution in [0.25, 0.3) is 0 Å². The highest BCUT2D eigenvalue weighted by atomic mass is 16.5. The van der Waals surface area contributed by atoms with Crippen molar-refractivity contribution in [2.45, 2.75) is 25.8 Å². The molecule has 0 spiro atoms. The molecule has 4 rings (SSSR count). The summed E-state index contributed by atoms with van der Waals surface area (Å²) in [5.41, 5.74) is 2.70. The van der Waals surface area contributed by atoms with Crippen LogP contribution in [0, 0.1) is 0 Å². The Morgan fingerprint density at radius 3 is 2.63 bits per heavy atom. The van der Waals surface area contributed by atoms with E-state index in [1.807, 2.05) is 29.2 Å². The topological polar surface area (TPSA) is 52.4 Å². The van der Waals surface area contributed by atoms with Crippen molar-refractivity contribution in [2.24, 2.45) is 0 Å². The van der Waals surface area contributed by atoms with Gasteiger partial charge in [0.05, 0.1) is 46.5 Å². The lowest BCUT2D eigenvalue weighted by Crippen LogP contribution is -3.13. The lowest BCUT2D eigenvalue weighted by atomic mass is 10.1. The number of quaternary nitrogens is 1. The Labute approximate surface area is 178 Å². The molecule has 0 bridgehead atoms. The third-order valence-corrected chi connectivity index (χ3v) is 5.89. The van der Waals surface area contributed by atoms with Crippen LogP contribution in [0.5, 0.6) is 17.2 Å². The molecule has 6 nitrogen and oxygen atoms in total. The van der Waals surface area contributed by atoms with E-state index in [0.717, 1.165) is 69.4 Å². The highest BCUT2D eigenvalue weighted by Crippen LogP contribution is 2.25. The van der Waals surface area contributed by atoms with E-state index in [2.05, 4.69) is 18.2 Å². The molecule has 1 fully saturated rings. The number of methoxy groups -OCH3 is 1. The van der Waals surface area contributed by atoms with Gasteiger partial charge in [0.2, 0.25) is 5.91 Å². The number of hydrogen-bond acceptors (Lipinski definition) is 4. The van der Waals surface area contributed by atoms with Gasteiger partial charge >= 0.3 is 0 Å². The van der Waals surface area contributed by atoms with E-state index in [1.165, 1.54) is 11.1 Å². The fourth-order valence-electron chi connectivity index (χ4n) is 4.13. The second kappa shape index (κ2) is 9.85. The van der Waals surface area contributed by atoms with Gasteiger partial charge in [-0.05, 0) is 54.4 Å². The van der Waals surface area contributed by atoms with Crippen LogP contribution >= 0.6 is 0 Å². The number of fused-ring (bicyclic) bond motifs is 1. The van der Waals surface area contributed by atoms with E-state index >= 15 is 0 Å². The van der Waals surface area contributed by atoms with E-state index in [4.69, 9.17) is 14.2 Å². The zero-order valence-corrected chi connectivity index (χ0v) is 17.7. The summed E-state index contributed by atoms with van der Waals surface area (Å²) in [7, 11) is 1.64. The van der Waals surface area contributed by atoms with Crippen molar-refractivity contribution in [1.29, 1.82) is 0 Å². The number of piperazine rings is 1. The van der Waals surface area contributed by atoms with Crippen LogP contribution in [-0.2, 0) is 17.8 Å².